The lowest BCUT2D eigenvalue weighted by Gasteiger charge is -2.07. The molecule has 0 unspecified atom stereocenters. The summed E-state index contributed by atoms with van der Waals surface area (Å²) in [5.74, 6) is 0.415. The van der Waals surface area contributed by atoms with Gasteiger partial charge in [-0.3, -0.25) is 0 Å². The molecule has 0 fully saturated rings. The fourth-order valence-electron chi connectivity index (χ4n) is 1.89. The second kappa shape index (κ2) is 7.74. The molecule has 2 aromatic rings. The fraction of sp³-hybridized carbons (Fsp3) is 0.333. The number of aromatic nitrogens is 1. The van der Waals surface area contributed by atoms with E-state index in [2.05, 4.69) is 48.2 Å². The molecule has 0 bridgehead atoms. The zero-order valence-corrected chi connectivity index (χ0v) is 15.9. The first-order chi connectivity index (χ1) is 9.45. The standard InChI is InChI=1S/C15H20N4S.HI/c1-9-5-6-13(7-10(9)2)19-15(16)17-8-14-11(3)20-12(4)18-14;/h5-7H,8H2,1-4H3,(H3,16,17,19);1H. The van der Waals surface area contributed by atoms with Gasteiger partial charge >= 0.3 is 0 Å². The first-order valence-electron chi connectivity index (χ1n) is 6.53. The lowest BCUT2D eigenvalue weighted by molar-refractivity contribution is 0.980. The Morgan fingerprint density at radius 1 is 1.24 bits per heavy atom. The van der Waals surface area contributed by atoms with Crippen LogP contribution in [-0.4, -0.2) is 10.9 Å². The highest BCUT2D eigenvalue weighted by Crippen LogP contribution is 2.17. The maximum absolute atomic E-state index is 5.91. The lowest BCUT2D eigenvalue weighted by Crippen LogP contribution is -2.22. The largest absolute Gasteiger partial charge is 0.370 e. The van der Waals surface area contributed by atoms with Crippen molar-refractivity contribution in [3.05, 3.63) is 44.9 Å². The number of nitrogens with one attached hydrogen (secondary N) is 1. The third-order valence-electron chi connectivity index (χ3n) is 3.18. The van der Waals surface area contributed by atoms with Crippen molar-refractivity contribution in [2.24, 2.45) is 10.7 Å². The molecule has 2 rings (SSSR count). The highest BCUT2D eigenvalue weighted by Gasteiger charge is 2.04. The number of nitrogens with zero attached hydrogens (tertiary/aromatic N) is 2. The number of anilines is 1. The summed E-state index contributed by atoms with van der Waals surface area (Å²) in [7, 11) is 0. The van der Waals surface area contributed by atoms with E-state index in [1.807, 2.05) is 13.0 Å². The van der Waals surface area contributed by atoms with Crippen molar-refractivity contribution >= 4 is 47.0 Å². The summed E-state index contributed by atoms with van der Waals surface area (Å²) in [6.45, 7) is 8.74. The number of aliphatic imine (C=N–C) groups is 1. The lowest BCUT2D eigenvalue weighted by atomic mass is 10.1. The first-order valence-corrected chi connectivity index (χ1v) is 7.34. The highest BCUT2D eigenvalue weighted by atomic mass is 127. The molecule has 1 heterocycles. The van der Waals surface area contributed by atoms with Gasteiger partial charge in [0, 0.05) is 10.6 Å². The van der Waals surface area contributed by atoms with Crippen LogP contribution in [0.2, 0.25) is 0 Å². The fourth-order valence-corrected chi connectivity index (χ4v) is 2.71. The van der Waals surface area contributed by atoms with Gasteiger partial charge in [0.05, 0.1) is 17.2 Å². The molecular formula is C15H21IN4S. The van der Waals surface area contributed by atoms with Gasteiger partial charge in [-0.25, -0.2) is 9.98 Å². The second-order valence-electron chi connectivity index (χ2n) is 4.86. The Kier molecular flexibility index (Phi) is 6.60. The van der Waals surface area contributed by atoms with Gasteiger partial charge in [-0.05, 0) is 51.0 Å². The van der Waals surface area contributed by atoms with Gasteiger partial charge in [0.2, 0.25) is 0 Å². The second-order valence-corrected chi connectivity index (χ2v) is 6.27. The van der Waals surface area contributed by atoms with Crippen LogP contribution in [0.25, 0.3) is 0 Å². The van der Waals surface area contributed by atoms with Crippen molar-refractivity contribution < 1.29 is 0 Å². The van der Waals surface area contributed by atoms with Gasteiger partial charge in [0.1, 0.15) is 0 Å². The molecule has 114 valence electrons. The first kappa shape index (κ1) is 17.9. The molecule has 4 nitrogen and oxygen atoms in total. The van der Waals surface area contributed by atoms with Crippen LogP contribution in [0.3, 0.4) is 0 Å². The van der Waals surface area contributed by atoms with E-state index in [4.69, 9.17) is 5.73 Å². The van der Waals surface area contributed by atoms with Crippen LogP contribution in [0.15, 0.2) is 23.2 Å². The predicted octanol–water partition coefficient (Wildman–Crippen LogP) is 3.92. The summed E-state index contributed by atoms with van der Waals surface area (Å²) in [6, 6.07) is 6.14. The molecule has 0 saturated heterocycles. The minimum absolute atomic E-state index is 0. The molecule has 1 aromatic carbocycles. The molecule has 0 saturated carbocycles. The minimum Gasteiger partial charge on any atom is -0.370 e. The van der Waals surface area contributed by atoms with Crippen LogP contribution in [-0.2, 0) is 6.54 Å². The number of nitrogens with two attached hydrogens (primary N) is 1. The van der Waals surface area contributed by atoms with E-state index in [0.717, 1.165) is 16.4 Å². The number of halogens is 1. The Morgan fingerprint density at radius 2 is 1.95 bits per heavy atom. The smallest absolute Gasteiger partial charge is 0.193 e. The van der Waals surface area contributed by atoms with E-state index in [1.165, 1.54) is 16.0 Å². The molecule has 0 aliphatic carbocycles. The highest BCUT2D eigenvalue weighted by molar-refractivity contribution is 14.0. The number of thiazole rings is 1. The van der Waals surface area contributed by atoms with Gasteiger partial charge < -0.3 is 11.1 Å². The average Bonchev–Trinajstić information content (AvgIpc) is 2.70. The molecule has 1 aromatic heterocycles. The monoisotopic (exact) mass is 416 g/mol. The number of hydrogen-bond donors (Lipinski definition) is 2. The average molecular weight is 416 g/mol. The minimum atomic E-state index is 0. The van der Waals surface area contributed by atoms with Crippen LogP contribution >= 0.6 is 35.3 Å². The topological polar surface area (TPSA) is 63.3 Å². The maximum atomic E-state index is 5.91. The number of guanidine groups is 1. The number of aryl methyl sites for hydroxylation is 4. The summed E-state index contributed by atoms with van der Waals surface area (Å²) in [5.41, 5.74) is 10.4. The van der Waals surface area contributed by atoms with E-state index >= 15 is 0 Å². The Balaban J connectivity index is 0.00000220. The molecular weight excluding hydrogens is 395 g/mol. The van der Waals surface area contributed by atoms with E-state index in [1.54, 1.807) is 11.3 Å². The van der Waals surface area contributed by atoms with Crippen molar-refractivity contribution in [2.75, 3.05) is 5.32 Å². The van der Waals surface area contributed by atoms with Gasteiger partial charge in [-0.1, -0.05) is 6.07 Å². The Bertz CT molecular complexity index is 649. The van der Waals surface area contributed by atoms with Crippen molar-refractivity contribution in [1.29, 1.82) is 0 Å². The Morgan fingerprint density at radius 3 is 2.52 bits per heavy atom. The van der Waals surface area contributed by atoms with Crippen LogP contribution < -0.4 is 11.1 Å². The third-order valence-corrected chi connectivity index (χ3v) is 4.11. The molecule has 21 heavy (non-hydrogen) atoms. The van der Waals surface area contributed by atoms with Crippen molar-refractivity contribution in [3.8, 4) is 0 Å². The molecule has 3 N–H and O–H groups in total. The van der Waals surface area contributed by atoms with Gasteiger partial charge in [0.15, 0.2) is 5.96 Å². The van der Waals surface area contributed by atoms with Crippen molar-refractivity contribution in [2.45, 2.75) is 34.2 Å². The van der Waals surface area contributed by atoms with Crippen LogP contribution in [0.1, 0.15) is 26.7 Å². The van der Waals surface area contributed by atoms with Crippen LogP contribution in [0, 0.1) is 27.7 Å². The molecule has 0 amide bonds. The Labute approximate surface area is 146 Å². The summed E-state index contributed by atoms with van der Waals surface area (Å²) in [5, 5.41) is 4.17. The summed E-state index contributed by atoms with van der Waals surface area (Å²) in [6.07, 6.45) is 0. The molecule has 0 radical (unpaired) electrons. The van der Waals surface area contributed by atoms with Gasteiger partial charge in [-0.15, -0.1) is 35.3 Å². The normalized spacial score (nSPS) is 11.1. The van der Waals surface area contributed by atoms with Gasteiger partial charge in [0.25, 0.3) is 0 Å². The molecule has 0 spiro atoms. The van der Waals surface area contributed by atoms with E-state index in [9.17, 15) is 0 Å². The summed E-state index contributed by atoms with van der Waals surface area (Å²) in [4.78, 5) is 9.99. The molecule has 6 heteroatoms. The summed E-state index contributed by atoms with van der Waals surface area (Å²) < 4.78 is 0. The number of rotatable bonds is 3. The van der Waals surface area contributed by atoms with E-state index in [0.29, 0.717) is 12.5 Å². The van der Waals surface area contributed by atoms with Crippen LogP contribution in [0.5, 0.6) is 0 Å². The summed E-state index contributed by atoms with van der Waals surface area (Å²) >= 11 is 1.69. The number of hydrogen-bond acceptors (Lipinski definition) is 3. The molecule has 0 aliphatic heterocycles. The SMILES string of the molecule is Cc1nc(CN=C(N)Nc2ccc(C)c(C)c2)c(C)s1.I. The maximum Gasteiger partial charge on any atom is 0.193 e. The Hall–Kier alpha value is -1.15. The molecule has 0 atom stereocenters. The van der Waals surface area contributed by atoms with Gasteiger partial charge in [-0.2, -0.15) is 0 Å². The van der Waals surface area contributed by atoms with E-state index < -0.39 is 0 Å². The zero-order chi connectivity index (χ0) is 14.7. The van der Waals surface area contributed by atoms with Crippen molar-refractivity contribution in [3.63, 3.8) is 0 Å². The quantitative estimate of drug-likeness (QED) is 0.453. The zero-order valence-electron chi connectivity index (χ0n) is 12.7. The van der Waals surface area contributed by atoms with Crippen molar-refractivity contribution in [1.82, 2.24) is 4.98 Å². The number of benzene rings is 1. The van der Waals surface area contributed by atoms with Crippen LogP contribution in [0.4, 0.5) is 5.69 Å². The molecule has 0 aliphatic rings. The predicted molar refractivity (Wildman–Crippen MR) is 102 cm³/mol. The van der Waals surface area contributed by atoms with E-state index in [-0.39, 0.29) is 24.0 Å². The third kappa shape index (κ3) is 4.96.